The molecule has 30 heavy (non-hydrogen) atoms. The number of rotatable bonds is 4. The molecule has 0 aliphatic carbocycles. The molecule has 3 rings (SSSR count). The SMILES string of the molecule is Cc1nc(CN2CCN(S(=O)(=O)c3cc(C(F)(F)F)cc(C(F)(F)F)c3)CC2)no1. The Labute approximate surface area is 167 Å². The van der Waals surface area contributed by atoms with Crippen molar-refractivity contribution in [1.29, 1.82) is 0 Å². The van der Waals surface area contributed by atoms with E-state index in [9.17, 15) is 34.8 Å². The minimum absolute atomic E-state index is 0.107. The second kappa shape index (κ2) is 7.81. The first-order chi connectivity index (χ1) is 13.8. The molecule has 0 unspecified atom stereocenters. The van der Waals surface area contributed by atoms with Crippen molar-refractivity contribution in [3.8, 4) is 0 Å². The van der Waals surface area contributed by atoms with Crippen molar-refractivity contribution in [2.24, 2.45) is 0 Å². The van der Waals surface area contributed by atoms with Crippen molar-refractivity contribution in [3.63, 3.8) is 0 Å². The van der Waals surface area contributed by atoms with Crippen molar-refractivity contribution in [2.45, 2.75) is 30.7 Å². The third kappa shape index (κ3) is 4.92. The summed E-state index contributed by atoms with van der Waals surface area (Å²) >= 11 is 0. The Morgan fingerprint density at radius 3 is 1.93 bits per heavy atom. The Balaban J connectivity index is 1.81. The molecular weight excluding hydrogens is 442 g/mol. The number of halogens is 6. The summed E-state index contributed by atoms with van der Waals surface area (Å²) in [5, 5.41) is 3.72. The minimum Gasteiger partial charge on any atom is -0.340 e. The van der Waals surface area contributed by atoms with E-state index in [0.29, 0.717) is 11.7 Å². The number of sulfonamides is 1. The van der Waals surface area contributed by atoms with Crippen LogP contribution in [0.4, 0.5) is 26.3 Å². The van der Waals surface area contributed by atoms with Gasteiger partial charge in [0.1, 0.15) is 0 Å². The third-order valence-electron chi connectivity index (χ3n) is 4.46. The van der Waals surface area contributed by atoms with Crippen molar-refractivity contribution < 1.29 is 39.3 Å². The van der Waals surface area contributed by atoms with Gasteiger partial charge in [0, 0.05) is 33.1 Å². The van der Waals surface area contributed by atoms with Gasteiger partial charge in [-0.05, 0) is 18.2 Å². The summed E-state index contributed by atoms with van der Waals surface area (Å²) in [5.74, 6) is 0.743. The van der Waals surface area contributed by atoms with Gasteiger partial charge in [0.15, 0.2) is 5.82 Å². The normalized spacial score (nSPS) is 17.4. The van der Waals surface area contributed by atoms with E-state index >= 15 is 0 Å². The van der Waals surface area contributed by atoms with Gasteiger partial charge in [-0.2, -0.15) is 35.6 Å². The number of aryl methyl sites for hydroxylation is 1. The minimum atomic E-state index is -5.13. The lowest BCUT2D eigenvalue weighted by molar-refractivity contribution is -0.143. The summed E-state index contributed by atoms with van der Waals surface area (Å²) in [6.07, 6.45) is -10.3. The van der Waals surface area contributed by atoms with E-state index in [0.717, 1.165) is 4.31 Å². The van der Waals surface area contributed by atoms with Crippen molar-refractivity contribution in [2.75, 3.05) is 26.2 Å². The molecule has 1 fully saturated rings. The van der Waals surface area contributed by atoms with Crippen LogP contribution in [0.3, 0.4) is 0 Å². The van der Waals surface area contributed by atoms with Gasteiger partial charge >= 0.3 is 12.4 Å². The average Bonchev–Trinajstić information content (AvgIpc) is 3.05. The fraction of sp³-hybridized carbons (Fsp3) is 0.500. The lowest BCUT2D eigenvalue weighted by Gasteiger charge is -2.33. The van der Waals surface area contributed by atoms with E-state index in [1.54, 1.807) is 11.8 Å². The number of hydrogen-bond acceptors (Lipinski definition) is 6. The van der Waals surface area contributed by atoms with Crippen molar-refractivity contribution in [3.05, 3.63) is 41.0 Å². The molecule has 1 aromatic heterocycles. The van der Waals surface area contributed by atoms with Crippen molar-refractivity contribution in [1.82, 2.24) is 19.3 Å². The largest absolute Gasteiger partial charge is 0.416 e. The summed E-state index contributed by atoms with van der Waals surface area (Å²) < 4.78 is 109. The molecule has 1 aliphatic rings. The fourth-order valence-electron chi connectivity index (χ4n) is 2.96. The van der Waals surface area contributed by atoms with E-state index < -0.39 is 38.4 Å². The second-order valence-electron chi connectivity index (χ2n) is 6.65. The highest BCUT2D eigenvalue weighted by molar-refractivity contribution is 7.89. The molecule has 1 aromatic carbocycles. The molecule has 0 spiro atoms. The standard InChI is InChI=1S/C16H16F6N4O3S/c1-10-23-14(24-29-10)9-25-2-4-26(5-3-25)30(27,28)13-7-11(15(17,18)19)6-12(8-13)16(20,21)22/h6-8H,2-5,9H2,1H3. The Morgan fingerprint density at radius 2 is 1.50 bits per heavy atom. The maximum Gasteiger partial charge on any atom is 0.416 e. The quantitative estimate of drug-likeness (QED) is 0.656. The molecule has 7 nitrogen and oxygen atoms in total. The van der Waals surface area contributed by atoms with Crippen LogP contribution in [0.2, 0.25) is 0 Å². The number of alkyl halides is 6. The number of piperazine rings is 1. The molecule has 2 heterocycles. The number of aromatic nitrogens is 2. The molecule has 0 bridgehead atoms. The summed E-state index contributed by atoms with van der Waals surface area (Å²) in [5.41, 5.74) is -3.36. The smallest absolute Gasteiger partial charge is 0.340 e. The third-order valence-corrected chi connectivity index (χ3v) is 6.34. The van der Waals surface area contributed by atoms with Crippen LogP contribution in [0.1, 0.15) is 22.8 Å². The van der Waals surface area contributed by atoms with Gasteiger partial charge in [-0.1, -0.05) is 5.16 Å². The van der Waals surface area contributed by atoms with E-state index in [2.05, 4.69) is 10.1 Å². The van der Waals surface area contributed by atoms with E-state index in [1.165, 1.54) is 0 Å². The highest BCUT2D eigenvalue weighted by Crippen LogP contribution is 2.37. The Morgan fingerprint density at radius 1 is 0.967 bits per heavy atom. The second-order valence-corrected chi connectivity index (χ2v) is 8.59. The van der Waals surface area contributed by atoms with Crippen LogP contribution in [0, 0.1) is 6.92 Å². The summed E-state index contributed by atoms with van der Waals surface area (Å²) in [7, 11) is -4.56. The Kier molecular flexibility index (Phi) is 5.86. The molecule has 0 radical (unpaired) electrons. The molecular formula is C16H16F6N4O3S. The van der Waals surface area contributed by atoms with Gasteiger partial charge in [0.25, 0.3) is 0 Å². The number of benzene rings is 1. The van der Waals surface area contributed by atoms with E-state index in [1.807, 2.05) is 0 Å². The molecule has 0 atom stereocenters. The summed E-state index contributed by atoms with van der Waals surface area (Å²) in [4.78, 5) is 4.77. The predicted molar refractivity (Wildman–Crippen MR) is 89.5 cm³/mol. The number of nitrogens with zero attached hydrogens (tertiary/aromatic N) is 4. The zero-order valence-corrected chi connectivity index (χ0v) is 16.3. The fourth-order valence-corrected chi connectivity index (χ4v) is 4.45. The maximum absolute atomic E-state index is 13.0. The first-order valence-corrected chi connectivity index (χ1v) is 10.0. The molecule has 0 saturated carbocycles. The highest BCUT2D eigenvalue weighted by Gasteiger charge is 2.39. The molecule has 0 N–H and O–H groups in total. The summed E-state index contributed by atoms with van der Waals surface area (Å²) in [6, 6.07) is 0.335. The van der Waals surface area contributed by atoms with E-state index in [-0.39, 0.29) is 50.9 Å². The lowest BCUT2D eigenvalue weighted by atomic mass is 10.1. The van der Waals surface area contributed by atoms with Crippen LogP contribution in [-0.2, 0) is 28.9 Å². The van der Waals surface area contributed by atoms with Crippen LogP contribution in [0.15, 0.2) is 27.6 Å². The van der Waals surface area contributed by atoms with Crippen LogP contribution in [0.25, 0.3) is 0 Å². The lowest BCUT2D eigenvalue weighted by Crippen LogP contribution is -2.48. The van der Waals surface area contributed by atoms with Crippen LogP contribution >= 0.6 is 0 Å². The first kappa shape index (κ1) is 22.5. The van der Waals surface area contributed by atoms with Crippen LogP contribution < -0.4 is 0 Å². The monoisotopic (exact) mass is 458 g/mol. The molecule has 14 heteroatoms. The summed E-state index contributed by atoms with van der Waals surface area (Å²) in [6.45, 7) is 2.03. The van der Waals surface area contributed by atoms with Gasteiger partial charge < -0.3 is 4.52 Å². The molecule has 1 saturated heterocycles. The van der Waals surface area contributed by atoms with Gasteiger partial charge in [-0.25, -0.2) is 8.42 Å². The van der Waals surface area contributed by atoms with Crippen molar-refractivity contribution >= 4 is 10.0 Å². The van der Waals surface area contributed by atoms with Gasteiger partial charge in [-0.15, -0.1) is 0 Å². The van der Waals surface area contributed by atoms with Gasteiger partial charge in [0.2, 0.25) is 15.9 Å². The Hall–Kier alpha value is -2.19. The van der Waals surface area contributed by atoms with Gasteiger partial charge in [-0.3, -0.25) is 4.90 Å². The van der Waals surface area contributed by atoms with Gasteiger partial charge in [0.05, 0.1) is 22.6 Å². The molecule has 1 aliphatic heterocycles. The van der Waals surface area contributed by atoms with E-state index in [4.69, 9.17) is 4.52 Å². The zero-order chi connectivity index (χ0) is 22.3. The predicted octanol–water partition coefficient (Wildman–Crippen LogP) is 2.92. The first-order valence-electron chi connectivity index (χ1n) is 8.58. The number of hydrogen-bond donors (Lipinski definition) is 0. The van der Waals surface area contributed by atoms with Crippen LogP contribution in [-0.4, -0.2) is 53.9 Å². The average molecular weight is 458 g/mol. The van der Waals surface area contributed by atoms with Crippen LogP contribution in [0.5, 0.6) is 0 Å². The molecule has 2 aromatic rings. The topological polar surface area (TPSA) is 79.5 Å². The molecule has 0 amide bonds. The highest BCUT2D eigenvalue weighted by atomic mass is 32.2. The maximum atomic E-state index is 13.0. The molecule has 166 valence electrons. The Bertz CT molecular complexity index is 978. The zero-order valence-electron chi connectivity index (χ0n) is 15.5.